The Labute approximate surface area is 257 Å². The SMILES string of the molecule is CC[C@H](O)[C@@H]1C(=O)N2C(C(=O)O)=C(SCCN3CCN(Cc4ccccc4)CC3)S[C@]12SCc1ccc([N+](=O)[O-])cc1. The van der Waals surface area contributed by atoms with Crippen molar-refractivity contribution in [3.63, 3.8) is 0 Å². The van der Waals surface area contributed by atoms with Crippen molar-refractivity contribution in [2.45, 2.75) is 35.9 Å². The molecule has 2 aromatic carbocycles. The van der Waals surface area contributed by atoms with E-state index in [0.717, 1.165) is 44.8 Å². The summed E-state index contributed by atoms with van der Waals surface area (Å²) in [7, 11) is 0. The molecule has 0 bridgehead atoms. The van der Waals surface area contributed by atoms with Crippen molar-refractivity contribution >= 4 is 52.8 Å². The van der Waals surface area contributed by atoms with Gasteiger partial charge in [0.2, 0.25) is 5.91 Å². The first-order chi connectivity index (χ1) is 20.2. The first-order valence-electron chi connectivity index (χ1n) is 13.9. The molecule has 3 heterocycles. The second-order valence-corrected chi connectivity index (χ2v) is 14.5. The number of aliphatic hydroxyl groups excluding tert-OH is 1. The number of nitro groups is 1. The second-order valence-electron chi connectivity index (χ2n) is 10.5. The molecule has 224 valence electrons. The van der Waals surface area contributed by atoms with Crippen LogP contribution in [-0.4, -0.2) is 90.5 Å². The summed E-state index contributed by atoms with van der Waals surface area (Å²) in [6.45, 7) is 7.36. The Balaban J connectivity index is 1.22. The quantitative estimate of drug-likeness (QED) is 0.187. The summed E-state index contributed by atoms with van der Waals surface area (Å²) in [5, 5.41) is 32.0. The number of aliphatic carboxylic acids is 1. The van der Waals surface area contributed by atoms with Crippen molar-refractivity contribution in [2.24, 2.45) is 5.92 Å². The van der Waals surface area contributed by atoms with Crippen LogP contribution in [0.1, 0.15) is 24.5 Å². The lowest BCUT2D eigenvalue weighted by molar-refractivity contribution is -0.384. The number of aliphatic hydroxyl groups is 1. The van der Waals surface area contributed by atoms with E-state index in [2.05, 4.69) is 34.1 Å². The zero-order chi connectivity index (χ0) is 29.9. The van der Waals surface area contributed by atoms with Crippen LogP contribution in [0.4, 0.5) is 5.69 Å². The maximum absolute atomic E-state index is 13.3. The van der Waals surface area contributed by atoms with Gasteiger partial charge in [0, 0.05) is 62.9 Å². The van der Waals surface area contributed by atoms with Crippen LogP contribution in [0, 0.1) is 16.0 Å². The van der Waals surface area contributed by atoms with Gasteiger partial charge in [0.1, 0.15) is 5.92 Å². The summed E-state index contributed by atoms with van der Waals surface area (Å²) in [5.74, 6) is -1.20. The fourth-order valence-electron chi connectivity index (χ4n) is 5.46. The fourth-order valence-corrected chi connectivity index (χ4v) is 10.5. The summed E-state index contributed by atoms with van der Waals surface area (Å²) in [5.41, 5.74) is 2.09. The number of rotatable bonds is 13. The Kier molecular flexibility index (Phi) is 9.85. The van der Waals surface area contributed by atoms with Crippen LogP contribution in [0.2, 0.25) is 0 Å². The molecule has 0 unspecified atom stereocenters. The van der Waals surface area contributed by atoms with Crippen LogP contribution in [0.15, 0.2) is 64.5 Å². The number of benzene rings is 2. The Hall–Kier alpha value is -2.55. The highest BCUT2D eigenvalue weighted by molar-refractivity contribution is 8.29. The molecule has 10 nitrogen and oxygen atoms in total. The average Bonchev–Trinajstić information content (AvgIpc) is 3.28. The molecular formula is C29H34N4O6S3. The molecular weight excluding hydrogens is 597 g/mol. The number of carboxylic acids is 1. The van der Waals surface area contributed by atoms with Gasteiger partial charge in [0.15, 0.2) is 9.90 Å². The second kappa shape index (κ2) is 13.4. The lowest BCUT2D eigenvalue weighted by Gasteiger charge is -2.53. The molecule has 13 heteroatoms. The normalized spacial score (nSPS) is 23.5. The molecule has 0 spiro atoms. The predicted molar refractivity (Wildman–Crippen MR) is 167 cm³/mol. The molecule has 2 N–H and O–H groups in total. The van der Waals surface area contributed by atoms with E-state index in [1.165, 1.54) is 57.9 Å². The Bertz CT molecular complexity index is 1340. The van der Waals surface area contributed by atoms with Gasteiger partial charge in [-0.2, -0.15) is 0 Å². The van der Waals surface area contributed by atoms with E-state index < -0.39 is 27.1 Å². The third kappa shape index (κ3) is 6.36. The third-order valence-electron chi connectivity index (χ3n) is 7.80. The van der Waals surface area contributed by atoms with Crippen LogP contribution in [0.3, 0.4) is 0 Å². The Morgan fingerprint density at radius 2 is 1.76 bits per heavy atom. The molecule has 2 fully saturated rings. The van der Waals surface area contributed by atoms with E-state index in [1.807, 2.05) is 6.07 Å². The van der Waals surface area contributed by atoms with Crippen molar-refractivity contribution in [3.8, 4) is 0 Å². The Morgan fingerprint density at radius 3 is 2.38 bits per heavy atom. The van der Waals surface area contributed by atoms with Crippen molar-refractivity contribution in [1.29, 1.82) is 0 Å². The van der Waals surface area contributed by atoms with Gasteiger partial charge in [-0.25, -0.2) is 4.79 Å². The van der Waals surface area contributed by atoms with E-state index in [1.54, 1.807) is 19.1 Å². The number of non-ortho nitro benzene ring substituents is 1. The number of hydrogen-bond donors (Lipinski definition) is 2. The lowest BCUT2D eigenvalue weighted by atomic mass is 9.89. The molecule has 3 aliphatic heterocycles. The maximum atomic E-state index is 13.3. The summed E-state index contributed by atoms with van der Waals surface area (Å²) in [4.78, 5) is 42.5. The highest BCUT2D eigenvalue weighted by Crippen LogP contribution is 2.66. The molecule has 0 aliphatic carbocycles. The first-order valence-corrected chi connectivity index (χ1v) is 16.7. The number of amides is 1. The number of carboxylic acid groups (broad SMARTS) is 1. The molecule has 0 saturated carbocycles. The first kappa shape index (κ1) is 30.9. The number of piperazine rings is 1. The topological polar surface area (TPSA) is 127 Å². The number of hydrogen-bond acceptors (Lipinski definition) is 10. The molecule has 5 rings (SSSR count). The standard InChI is InChI=1S/C29H34N4O6S3/c1-2-23(34)24-26(35)32-25(27(36)37)28(42-29(24,32)41-19-21-8-10-22(11-9-21)33(38)39)40-17-16-30-12-14-31(15-13-30)18-20-6-4-3-5-7-20/h3-11,23-24,34H,2,12-19H2,1H3,(H,36,37)/t23-,24+,29+/m0/s1. The largest absolute Gasteiger partial charge is 0.477 e. The van der Waals surface area contributed by atoms with Crippen LogP contribution in [-0.2, 0) is 21.9 Å². The fraction of sp³-hybridized carbons (Fsp3) is 0.448. The van der Waals surface area contributed by atoms with Crippen LogP contribution < -0.4 is 0 Å². The van der Waals surface area contributed by atoms with E-state index in [0.29, 0.717) is 22.2 Å². The summed E-state index contributed by atoms with van der Waals surface area (Å²) >= 11 is 4.20. The molecule has 2 aromatic rings. The number of nitro benzene ring substituents is 1. The zero-order valence-corrected chi connectivity index (χ0v) is 25.7. The minimum absolute atomic E-state index is 0.0111. The molecule has 3 atom stereocenters. The van der Waals surface area contributed by atoms with Gasteiger partial charge in [-0.15, -0.1) is 23.5 Å². The average molecular weight is 631 g/mol. The number of carbonyl (C=O) groups excluding carboxylic acids is 1. The minimum Gasteiger partial charge on any atom is -0.477 e. The van der Waals surface area contributed by atoms with Crippen molar-refractivity contribution in [3.05, 3.63) is 85.8 Å². The molecule has 0 radical (unpaired) electrons. The van der Waals surface area contributed by atoms with Gasteiger partial charge in [0.05, 0.1) is 15.3 Å². The van der Waals surface area contributed by atoms with E-state index >= 15 is 0 Å². The zero-order valence-electron chi connectivity index (χ0n) is 23.3. The van der Waals surface area contributed by atoms with Gasteiger partial charge < -0.3 is 10.2 Å². The monoisotopic (exact) mass is 630 g/mol. The number of thioether (sulfide) groups is 3. The number of carbonyl (C=O) groups is 2. The van der Waals surface area contributed by atoms with Crippen molar-refractivity contribution in [1.82, 2.24) is 14.7 Å². The minimum atomic E-state index is -1.16. The van der Waals surface area contributed by atoms with Gasteiger partial charge >= 0.3 is 5.97 Å². The predicted octanol–water partition coefficient (Wildman–Crippen LogP) is 4.26. The van der Waals surface area contributed by atoms with Crippen molar-refractivity contribution in [2.75, 3.05) is 38.5 Å². The number of β-lactam (4-membered cyclic amide) rings is 1. The third-order valence-corrected chi connectivity index (χ3v) is 12.3. The smallest absolute Gasteiger partial charge is 0.354 e. The maximum Gasteiger partial charge on any atom is 0.354 e. The van der Waals surface area contributed by atoms with Crippen LogP contribution in [0.25, 0.3) is 0 Å². The van der Waals surface area contributed by atoms with Gasteiger partial charge in [-0.05, 0) is 17.5 Å². The van der Waals surface area contributed by atoms with Gasteiger partial charge in [-0.3, -0.25) is 29.6 Å². The van der Waals surface area contributed by atoms with E-state index in [9.17, 15) is 29.9 Å². The molecule has 0 aromatic heterocycles. The highest BCUT2D eigenvalue weighted by atomic mass is 32.2. The van der Waals surface area contributed by atoms with E-state index in [-0.39, 0.29) is 17.3 Å². The molecule has 3 aliphatic rings. The van der Waals surface area contributed by atoms with Gasteiger partial charge in [0.25, 0.3) is 5.69 Å². The number of fused-ring (bicyclic) bond motifs is 1. The Morgan fingerprint density at radius 1 is 1.10 bits per heavy atom. The summed E-state index contributed by atoms with van der Waals surface area (Å²) in [6.07, 6.45) is -0.539. The molecule has 42 heavy (non-hydrogen) atoms. The van der Waals surface area contributed by atoms with Crippen molar-refractivity contribution < 1.29 is 24.7 Å². The highest BCUT2D eigenvalue weighted by Gasteiger charge is 2.69. The number of nitrogens with zero attached hydrogens (tertiary/aromatic N) is 4. The van der Waals surface area contributed by atoms with E-state index in [4.69, 9.17) is 0 Å². The van der Waals surface area contributed by atoms with Crippen LogP contribution >= 0.6 is 35.3 Å². The summed E-state index contributed by atoms with van der Waals surface area (Å²) < 4.78 is -0.395. The van der Waals surface area contributed by atoms with Crippen LogP contribution in [0.5, 0.6) is 0 Å². The summed E-state index contributed by atoms with van der Waals surface area (Å²) in [6, 6.07) is 16.6. The van der Waals surface area contributed by atoms with Gasteiger partial charge in [-0.1, -0.05) is 61.2 Å². The lowest BCUT2D eigenvalue weighted by Crippen LogP contribution is -2.68. The molecule has 2 saturated heterocycles. The molecule has 1 amide bonds.